The van der Waals surface area contributed by atoms with E-state index in [1.807, 2.05) is 25.1 Å². The summed E-state index contributed by atoms with van der Waals surface area (Å²) >= 11 is 6.15. The summed E-state index contributed by atoms with van der Waals surface area (Å²) in [6.07, 6.45) is 2.66. The number of benzene rings is 1. The fourth-order valence-electron chi connectivity index (χ4n) is 3.35. The van der Waals surface area contributed by atoms with Crippen LogP contribution in [0.3, 0.4) is 0 Å². The van der Waals surface area contributed by atoms with E-state index in [4.69, 9.17) is 16.6 Å². The van der Waals surface area contributed by atoms with Crippen LogP contribution in [0.2, 0.25) is 5.02 Å². The average Bonchev–Trinajstić information content (AvgIpc) is 3.18. The van der Waals surface area contributed by atoms with Gasteiger partial charge in [0, 0.05) is 56.4 Å². The maximum atomic E-state index is 6.15. The van der Waals surface area contributed by atoms with Gasteiger partial charge in [0.05, 0.1) is 6.54 Å². The van der Waals surface area contributed by atoms with E-state index in [2.05, 4.69) is 49.5 Å². The van der Waals surface area contributed by atoms with E-state index < -0.39 is 0 Å². The quantitative estimate of drug-likeness (QED) is 0.428. The number of nitrogens with zero attached hydrogens (tertiary/aromatic N) is 6. The lowest BCUT2D eigenvalue weighted by molar-refractivity contribution is 0.371. The third-order valence-electron chi connectivity index (χ3n) is 4.90. The highest BCUT2D eigenvalue weighted by Crippen LogP contribution is 2.20. The number of rotatable bonds is 7. The molecular weight excluding hydrogens is 386 g/mol. The predicted octanol–water partition coefficient (Wildman–Crippen LogP) is 2.84. The van der Waals surface area contributed by atoms with Gasteiger partial charge in [0.2, 0.25) is 0 Å². The Bertz CT molecular complexity index is 837. The zero-order chi connectivity index (χ0) is 20.6. The van der Waals surface area contributed by atoms with Crippen LogP contribution in [0.15, 0.2) is 47.7 Å². The molecule has 1 aliphatic heterocycles. The number of hydrogen-bond donors (Lipinski definition) is 1. The van der Waals surface area contributed by atoms with E-state index in [-0.39, 0.29) is 0 Å². The van der Waals surface area contributed by atoms with E-state index in [0.717, 1.165) is 68.1 Å². The standard InChI is InChI=1S/C21H30ClN7/c1-4-20-26-25-16-29(20)9-8-23-21(24-15-17(2)3)28-12-10-27(11-13-28)19-7-5-6-18(22)14-19/h5-7,14,16H,2,4,8-13,15H2,1,3H3,(H,23,24). The number of halogens is 1. The highest BCUT2D eigenvalue weighted by atomic mass is 35.5. The van der Waals surface area contributed by atoms with Crippen LogP contribution >= 0.6 is 11.6 Å². The van der Waals surface area contributed by atoms with Gasteiger partial charge in [-0.2, -0.15) is 0 Å². The van der Waals surface area contributed by atoms with Crippen LogP contribution < -0.4 is 10.2 Å². The van der Waals surface area contributed by atoms with Gasteiger partial charge in [-0.25, -0.2) is 4.99 Å². The van der Waals surface area contributed by atoms with E-state index in [1.165, 1.54) is 5.69 Å². The van der Waals surface area contributed by atoms with Crippen LogP contribution in [0, 0.1) is 0 Å². The molecule has 1 aromatic heterocycles. The first-order valence-corrected chi connectivity index (χ1v) is 10.5. The van der Waals surface area contributed by atoms with Crippen molar-refractivity contribution in [1.82, 2.24) is 25.0 Å². The maximum Gasteiger partial charge on any atom is 0.194 e. The molecule has 2 aromatic rings. The van der Waals surface area contributed by atoms with Gasteiger partial charge in [-0.05, 0) is 25.1 Å². The molecule has 1 saturated heterocycles. The van der Waals surface area contributed by atoms with Crippen molar-refractivity contribution in [3.05, 3.63) is 53.6 Å². The predicted molar refractivity (Wildman–Crippen MR) is 120 cm³/mol. The zero-order valence-electron chi connectivity index (χ0n) is 17.3. The summed E-state index contributed by atoms with van der Waals surface area (Å²) in [5.41, 5.74) is 2.22. The Balaban J connectivity index is 1.58. The summed E-state index contributed by atoms with van der Waals surface area (Å²) in [6, 6.07) is 8.05. The second-order valence-electron chi connectivity index (χ2n) is 7.27. The Morgan fingerprint density at radius 2 is 2.07 bits per heavy atom. The molecule has 156 valence electrons. The Labute approximate surface area is 178 Å². The summed E-state index contributed by atoms with van der Waals surface area (Å²) < 4.78 is 2.08. The molecule has 1 fully saturated rings. The monoisotopic (exact) mass is 415 g/mol. The minimum absolute atomic E-state index is 0.629. The molecule has 29 heavy (non-hydrogen) atoms. The molecule has 0 unspecified atom stereocenters. The first-order valence-electron chi connectivity index (χ1n) is 10.1. The van der Waals surface area contributed by atoms with Crippen molar-refractivity contribution >= 4 is 23.2 Å². The Hall–Kier alpha value is -2.54. The van der Waals surface area contributed by atoms with Gasteiger partial charge in [-0.15, -0.1) is 10.2 Å². The van der Waals surface area contributed by atoms with Gasteiger partial charge >= 0.3 is 0 Å². The molecule has 0 amide bonds. The summed E-state index contributed by atoms with van der Waals surface area (Å²) in [4.78, 5) is 9.45. The van der Waals surface area contributed by atoms with Gasteiger partial charge < -0.3 is 19.7 Å². The molecule has 0 spiro atoms. The molecule has 0 atom stereocenters. The number of hydrogen-bond acceptors (Lipinski definition) is 4. The largest absolute Gasteiger partial charge is 0.368 e. The van der Waals surface area contributed by atoms with Crippen LogP contribution in [-0.4, -0.2) is 64.9 Å². The van der Waals surface area contributed by atoms with E-state index in [0.29, 0.717) is 6.54 Å². The van der Waals surface area contributed by atoms with Crippen molar-refractivity contribution in [3.8, 4) is 0 Å². The maximum absolute atomic E-state index is 6.15. The molecule has 1 aliphatic rings. The van der Waals surface area contributed by atoms with Crippen molar-refractivity contribution in [3.63, 3.8) is 0 Å². The number of nitrogens with one attached hydrogen (secondary N) is 1. The number of aryl methyl sites for hydroxylation is 1. The van der Waals surface area contributed by atoms with Crippen LogP contribution in [0.4, 0.5) is 5.69 Å². The van der Waals surface area contributed by atoms with Gasteiger partial charge in [-0.3, -0.25) is 0 Å². The molecule has 1 N–H and O–H groups in total. The minimum Gasteiger partial charge on any atom is -0.368 e. The average molecular weight is 416 g/mol. The van der Waals surface area contributed by atoms with Crippen LogP contribution in [0.25, 0.3) is 0 Å². The molecule has 7 nitrogen and oxygen atoms in total. The van der Waals surface area contributed by atoms with E-state index in [1.54, 1.807) is 6.33 Å². The van der Waals surface area contributed by atoms with Crippen molar-refractivity contribution < 1.29 is 0 Å². The molecule has 2 heterocycles. The number of aromatic nitrogens is 3. The van der Waals surface area contributed by atoms with Crippen molar-refractivity contribution in [2.45, 2.75) is 26.8 Å². The highest BCUT2D eigenvalue weighted by molar-refractivity contribution is 6.30. The second-order valence-corrected chi connectivity index (χ2v) is 7.71. The summed E-state index contributed by atoms with van der Waals surface area (Å²) in [5, 5.41) is 12.4. The first-order chi connectivity index (χ1) is 14.1. The molecule has 0 aliphatic carbocycles. The minimum atomic E-state index is 0.629. The summed E-state index contributed by atoms with van der Waals surface area (Å²) in [5.74, 6) is 1.94. The van der Waals surface area contributed by atoms with Crippen molar-refractivity contribution in [2.75, 3.05) is 44.2 Å². The van der Waals surface area contributed by atoms with E-state index >= 15 is 0 Å². The third kappa shape index (κ3) is 5.97. The number of piperazine rings is 1. The third-order valence-corrected chi connectivity index (χ3v) is 5.13. The zero-order valence-corrected chi connectivity index (χ0v) is 18.1. The molecule has 3 rings (SSSR count). The Kier molecular flexibility index (Phi) is 7.52. The van der Waals surface area contributed by atoms with Gasteiger partial charge in [0.25, 0.3) is 0 Å². The molecule has 0 radical (unpaired) electrons. The van der Waals surface area contributed by atoms with Crippen LogP contribution in [0.1, 0.15) is 19.7 Å². The van der Waals surface area contributed by atoms with Crippen LogP contribution in [0.5, 0.6) is 0 Å². The first kappa shape index (κ1) is 21.2. The summed E-state index contributed by atoms with van der Waals surface area (Å²) in [7, 11) is 0. The fourth-order valence-corrected chi connectivity index (χ4v) is 3.54. The normalized spacial score (nSPS) is 14.9. The lowest BCUT2D eigenvalue weighted by Crippen LogP contribution is -2.53. The highest BCUT2D eigenvalue weighted by Gasteiger charge is 2.20. The molecular formula is C21H30ClN7. The molecule has 0 bridgehead atoms. The Morgan fingerprint density at radius 3 is 2.76 bits per heavy atom. The molecule has 8 heteroatoms. The number of aliphatic imine (C=N–C) groups is 1. The lowest BCUT2D eigenvalue weighted by Gasteiger charge is -2.38. The van der Waals surface area contributed by atoms with E-state index in [9.17, 15) is 0 Å². The Morgan fingerprint density at radius 1 is 1.28 bits per heavy atom. The van der Waals surface area contributed by atoms with Gasteiger partial charge in [0.15, 0.2) is 5.96 Å². The molecule has 1 aromatic carbocycles. The van der Waals surface area contributed by atoms with Crippen LogP contribution in [-0.2, 0) is 13.0 Å². The smallest absolute Gasteiger partial charge is 0.194 e. The molecule has 0 saturated carbocycles. The fraction of sp³-hybridized carbons (Fsp3) is 0.476. The SMILES string of the molecule is C=C(C)CN=C(NCCn1cnnc1CC)N1CCN(c2cccc(Cl)c2)CC1. The van der Waals surface area contributed by atoms with Crippen molar-refractivity contribution in [2.24, 2.45) is 4.99 Å². The van der Waals surface area contributed by atoms with Gasteiger partial charge in [0.1, 0.15) is 12.2 Å². The second kappa shape index (κ2) is 10.3. The van der Waals surface area contributed by atoms with Gasteiger partial charge in [-0.1, -0.05) is 36.7 Å². The lowest BCUT2D eigenvalue weighted by atomic mass is 10.2. The number of guanidine groups is 1. The summed E-state index contributed by atoms with van der Waals surface area (Å²) in [6.45, 7) is 14.0. The van der Waals surface area contributed by atoms with Crippen molar-refractivity contribution in [1.29, 1.82) is 0 Å². The number of anilines is 1. The topological polar surface area (TPSA) is 61.6 Å².